The maximum atomic E-state index is 3.62. The quantitative estimate of drug-likeness (QED) is 0.724. The first-order valence-corrected chi connectivity index (χ1v) is 7.48. The molecule has 3 rings (SSSR count). The standard InChI is InChI=1S/C14H27N3/c1-16-13-4-5-14(16)11-17(8-6-13)9-7-15-10-12-2-3-12/h12-15H,2-11H2,1H3. The van der Waals surface area contributed by atoms with E-state index in [9.17, 15) is 0 Å². The first-order valence-electron chi connectivity index (χ1n) is 7.48. The fourth-order valence-electron chi connectivity index (χ4n) is 3.45. The van der Waals surface area contributed by atoms with E-state index in [1.807, 2.05) is 0 Å². The van der Waals surface area contributed by atoms with Crippen molar-refractivity contribution in [1.29, 1.82) is 0 Å². The molecule has 0 aromatic rings. The van der Waals surface area contributed by atoms with Crippen LogP contribution in [0.25, 0.3) is 0 Å². The van der Waals surface area contributed by atoms with Crippen LogP contribution in [0.1, 0.15) is 32.1 Å². The maximum Gasteiger partial charge on any atom is 0.0223 e. The molecule has 1 saturated carbocycles. The van der Waals surface area contributed by atoms with Crippen LogP contribution in [0.2, 0.25) is 0 Å². The Hall–Kier alpha value is -0.120. The molecule has 0 radical (unpaired) electrons. The fraction of sp³-hybridized carbons (Fsp3) is 1.00. The Morgan fingerprint density at radius 3 is 2.71 bits per heavy atom. The van der Waals surface area contributed by atoms with Crippen molar-refractivity contribution in [2.24, 2.45) is 5.92 Å². The molecule has 3 heteroatoms. The van der Waals surface area contributed by atoms with E-state index in [2.05, 4.69) is 22.2 Å². The number of nitrogens with one attached hydrogen (secondary N) is 1. The molecule has 1 N–H and O–H groups in total. The van der Waals surface area contributed by atoms with Crippen molar-refractivity contribution >= 4 is 0 Å². The second kappa shape index (κ2) is 5.25. The second-order valence-electron chi connectivity index (χ2n) is 6.29. The van der Waals surface area contributed by atoms with Crippen LogP contribution in [0, 0.1) is 5.92 Å². The summed E-state index contributed by atoms with van der Waals surface area (Å²) in [4.78, 5) is 5.32. The molecule has 0 aromatic heterocycles. The predicted octanol–water partition coefficient (Wildman–Crippen LogP) is 1.15. The van der Waals surface area contributed by atoms with Crippen LogP contribution >= 0.6 is 0 Å². The third-order valence-corrected chi connectivity index (χ3v) is 4.97. The normalized spacial score (nSPS) is 35.1. The van der Waals surface area contributed by atoms with Crippen LogP contribution < -0.4 is 5.32 Å². The highest BCUT2D eigenvalue weighted by Crippen LogP contribution is 2.28. The largest absolute Gasteiger partial charge is 0.315 e. The molecule has 3 aliphatic rings. The first kappa shape index (κ1) is 11.9. The number of hydrogen-bond acceptors (Lipinski definition) is 3. The number of nitrogens with zero attached hydrogens (tertiary/aromatic N) is 2. The zero-order chi connectivity index (χ0) is 11.7. The summed E-state index contributed by atoms with van der Waals surface area (Å²) in [6.45, 7) is 6.33. The number of rotatable bonds is 5. The lowest BCUT2D eigenvalue weighted by Gasteiger charge is -2.25. The summed E-state index contributed by atoms with van der Waals surface area (Å²) in [6.07, 6.45) is 7.17. The Kier molecular flexibility index (Phi) is 3.69. The highest BCUT2D eigenvalue weighted by atomic mass is 15.3. The lowest BCUT2D eigenvalue weighted by atomic mass is 10.1. The monoisotopic (exact) mass is 237 g/mol. The topological polar surface area (TPSA) is 18.5 Å². The zero-order valence-corrected chi connectivity index (χ0v) is 11.2. The van der Waals surface area contributed by atoms with Gasteiger partial charge in [-0.15, -0.1) is 0 Å². The SMILES string of the molecule is CN1C2CCC1CN(CCNCC1CC1)CC2. The fourth-order valence-corrected chi connectivity index (χ4v) is 3.45. The molecule has 2 heterocycles. The minimum atomic E-state index is 0.839. The zero-order valence-electron chi connectivity index (χ0n) is 11.2. The van der Waals surface area contributed by atoms with Gasteiger partial charge in [0.1, 0.15) is 0 Å². The van der Waals surface area contributed by atoms with E-state index in [0.29, 0.717) is 0 Å². The third-order valence-electron chi connectivity index (χ3n) is 4.97. The molecule has 1 aliphatic carbocycles. The van der Waals surface area contributed by atoms with E-state index in [4.69, 9.17) is 0 Å². The predicted molar refractivity (Wildman–Crippen MR) is 71.2 cm³/mol. The van der Waals surface area contributed by atoms with Crippen molar-refractivity contribution < 1.29 is 0 Å². The van der Waals surface area contributed by atoms with Gasteiger partial charge in [-0.2, -0.15) is 0 Å². The molecule has 2 saturated heterocycles. The minimum absolute atomic E-state index is 0.839. The average Bonchev–Trinajstić information content (AvgIpc) is 3.06. The van der Waals surface area contributed by atoms with Gasteiger partial charge in [0.15, 0.2) is 0 Å². The summed E-state index contributed by atoms with van der Waals surface area (Å²) in [5.74, 6) is 1.02. The summed E-state index contributed by atoms with van der Waals surface area (Å²) in [7, 11) is 2.33. The molecular weight excluding hydrogens is 210 g/mol. The molecule has 2 bridgehead atoms. The first-order chi connectivity index (χ1) is 8.33. The van der Waals surface area contributed by atoms with Crippen LogP contribution in [0.15, 0.2) is 0 Å². The Labute approximate surface area is 106 Å². The van der Waals surface area contributed by atoms with Crippen LogP contribution in [-0.4, -0.2) is 61.7 Å². The van der Waals surface area contributed by atoms with Crippen molar-refractivity contribution in [2.45, 2.75) is 44.2 Å². The average molecular weight is 237 g/mol. The van der Waals surface area contributed by atoms with E-state index < -0.39 is 0 Å². The van der Waals surface area contributed by atoms with Crippen LogP contribution in [0.5, 0.6) is 0 Å². The summed E-state index contributed by atoms with van der Waals surface area (Å²) in [5.41, 5.74) is 0. The number of hydrogen-bond donors (Lipinski definition) is 1. The van der Waals surface area contributed by atoms with E-state index in [1.54, 1.807) is 0 Å². The van der Waals surface area contributed by atoms with E-state index in [0.717, 1.165) is 18.0 Å². The lowest BCUT2D eigenvalue weighted by molar-refractivity contribution is 0.219. The van der Waals surface area contributed by atoms with Crippen molar-refractivity contribution in [3.63, 3.8) is 0 Å². The van der Waals surface area contributed by atoms with Gasteiger partial charge in [0.05, 0.1) is 0 Å². The summed E-state index contributed by atoms with van der Waals surface area (Å²) in [5, 5.41) is 3.62. The maximum absolute atomic E-state index is 3.62. The van der Waals surface area contributed by atoms with Crippen LogP contribution in [-0.2, 0) is 0 Å². The molecule has 17 heavy (non-hydrogen) atoms. The molecule has 0 aromatic carbocycles. The summed E-state index contributed by atoms with van der Waals surface area (Å²) >= 11 is 0. The molecule has 98 valence electrons. The van der Waals surface area contributed by atoms with Crippen molar-refractivity contribution in [2.75, 3.05) is 39.8 Å². The third kappa shape index (κ3) is 3.01. The molecule has 2 aliphatic heterocycles. The molecule has 3 fully saturated rings. The van der Waals surface area contributed by atoms with Gasteiger partial charge in [-0.3, -0.25) is 4.90 Å². The van der Waals surface area contributed by atoms with Crippen molar-refractivity contribution in [1.82, 2.24) is 15.1 Å². The van der Waals surface area contributed by atoms with Gasteiger partial charge < -0.3 is 10.2 Å². The van der Waals surface area contributed by atoms with Gasteiger partial charge in [-0.05, 0) is 58.2 Å². The van der Waals surface area contributed by atoms with Gasteiger partial charge in [0.25, 0.3) is 0 Å². The molecule has 3 nitrogen and oxygen atoms in total. The van der Waals surface area contributed by atoms with Crippen molar-refractivity contribution in [3.05, 3.63) is 0 Å². The molecule has 0 spiro atoms. The number of fused-ring (bicyclic) bond motifs is 2. The van der Waals surface area contributed by atoms with Gasteiger partial charge in [-0.25, -0.2) is 0 Å². The Morgan fingerprint density at radius 2 is 1.88 bits per heavy atom. The van der Waals surface area contributed by atoms with Gasteiger partial charge in [0, 0.05) is 31.7 Å². The van der Waals surface area contributed by atoms with E-state index in [-0.39, 0.29) is 0 Å². The highest BCUT2D eigenvalue weighted by Gasteiger charge is 2.34. The second-order valence-corrected chi connectivity index (χ2v) is 6.29. The summed E-state index contributed by atoms with van der Waals surface area (Å²) < 4.78 is 0. The molecular formula is C14H27N3. The van der Waals surface area contributed by atoms with Crippen LogP contribution in [0.3, 0.4) is 0 Å². The highest BCUT2D eigenvalue weighted by molar-refractivity contribution is 4.91. The Bertz CT molecular complexity index is 252. The Morgan fingerprint density at radius 1 is 1.06 bits per heavy atom. The van der Waals surface area contributed by atoms with Gasteiger partial charge in [-0.1, -0.05) is 0 Å². The molecule has 2 unspecified atom stereocenters. The van der Waals surface area contributed by atoms with E-state index in [1.165, 1.54) is 64.8 Å². The molecule has 2 atom stereocenters. The smallest absolute Gasteiger partial charge is 0.0223 e. The number of likely N-dealkylation sites (tertiary alicyclic amines) is 1. The summed E-state index contributed by atoms with van der Waals surface area (Å²) in [6, 6.07) is 1.72. The van der Waals surface area contributed by atoms with E-state index >= 15 is 0 Å². The van der Waals surface area contributed by atoms with Crippen LogP contribution in [0.4, 0.5) is 0 Å². The number of likely N-dealkylation sites (N-methyl/N-ethyl adjacent to an activating group) is 1. The minimum Gasteiger partial charge on any atom is -0.315 e. The van der Waals surface area contributed by atoms with Crippen molar-refractivity contribution in [3.8, 4) is 0 Å². The lowest BCUT2D eigenvalue weighted by Crippen LogP contribution is -2.39. The Balaban J connectivity index is 1.38. The van der Waals surface area contributed by atoms with Gasteiger partial charge >= 0.3 is 0 Å². The van der Waals surface area contributed by atoms with Gasteiger partial charge in [0.2, 0.25) is 0 Å². The molecule has 0 amide bonds.